The van der Waals surface area contributed by atoms with E-state index in [4.69, 9.17) is 5.21 Å². The van der Waals surface area contributed by atoms with E-state index in [0.717, 1.165) is 18.2 Å². The van der Waals surface area contributed by atoms with Crippen LogP contribution in [0.25, 0.3) is 17.7 Å². The maximum atomic E-state index is 13.6. The van der Waals surface area contributed by atoms with Crippen LogP contribution in [0.1, 0.15) is 30.5 Å². The molecule has 2 aromatic carbocycles. The van der Waals surface area contributed by atoms with E-state index in [1.807, 2.05) is 0 Å². The molecule has 7 heteroatoms. The highest BCUT2D eigenvalue weighted by Crippen LogP contribution is 2.21. The Morgan fingerprint density at radius 3 is 2.21 bits per heavy atom. The monoisotopic (exact) mass is 386 g/mol. The van der Waals surface area contributed by atoms with Gasteiger partial charge in [-0.2, -0.15) is 0 Å². The number of hydrogen-bond donors (Lipinski definition) is 3. The maximum absolute atomic E-state index is 13.6. The van der Waals surface area contributed by atoms with Gasteiger partial charge in [0.25, 0.3) is 11.8 Å². The van der Waals surface area contributed by atoms with Crippen LogP contribution in [-0.4, -0.2) is 23.1 Å². The molecule has 0 aromatic heterocycles. The van der Waals surface area contributed by atoms with Crippen molar-refractivity contribution in [2.24, 2.45) is 0 Å². The lowest BCUT2D eigenvalue weighted by molar-refractivity contribution is -0.124. The molecule has 0 aliphatic carbocycles. The lowest BCUT2D eigenvalue weighted by atomic mass is 10.0. The van der Waals surface area contributed by atoms with Gasteiger partial charge in [0.05, 0.1) is 0 Å². The van der Waals surface area contributed by atoms with Gasteiger partial charge >= 0.3 is 0 Å². The second kappa shape index (κ2) is 9.57. The zero-order valence-corrected chi connectivity index (χ0v) is 15.4. The fourth-order valence-electron chi connectivity index (χ4n) is 2.36. The Hall–Kier alpha value is -3.32. The molecular formula is C21H20F2N2O3. The molecule has 0 spiro atoms. The third-order valence-electron chi connectivity index (χ3n) is 3.68. The van der Waals surface area contributed by atoms with Crippen molar-refractivity contribution < 1.29 is 23.6 Å². The Morgan fingerprint density at radius 1 is 1.00 bits per heavy atom. The number of rotatable bonds is 6. The summed E-state index contributed by atoms with van der Waals surface area (Å²) in [6, 6.07) is 9.98. The summed E-state index contributed by atoms with van der Waals surface area (Å²) in [5.41, 5.74) is 3.28. The molecule has 2 rings (SSSR count). The molecule has 0 unspecified atom stereocenters. The maximum Gasteiger partial charge on any atom is 0.267 e. The molecule has 0 saturated carbocycles. The van der Waals surface area contributed by atoms with Crippen molar-refractivity contribution in [3.8, 4) is 0 Å². The van der Waals surface area contributed by atoms with Crippen molar-refractivity contribution in [1.29, 1.82) is 0 Å². The molecular weight excluding hydrogens is 366 g/mol. The van der Waals surface area contributed by atoms with Gasteiger partial charge in [0.2, 0.25) is 0 Å². The van der Waals surface area contributed by atoms with Gasteiger partial charge in [-0.25, -0.2) is 14.3 Å². The van der Waals surface area contributed by atoms with Gasteiger partial charge in [0, 0.05) is 17.7 Å². The Balaban J connectivity index is 2.38. The van der Waals surface area contributed by atoms with Gasteiger partial charge in [-0.05, 0) is 54.8 Å². The molecule has 0 atom stereocenters. The number of hydroxylamine groups is 1. The number of halogens is 2. The summed E-state index contributed by atoms with van der Waals surface area (Å²) in [6.07, 6.45) is 4.23. The van der Waals surface area contributed by atoms with Crippen molar-refractivity contribution in [1.82, 2.24) is 10.8 Å². The van der Waals surface area contributed by atoms with E-state index in [2.05, 4.69) is 5.32 Å². The lowest BCUT2D eigenvalue weighted by Crippen LogP contribution is -2.30. The van der Waals surface area contributed by atoms with Gasteiger partial charge < -0.3 is 5.32 Å². The first-order chi connectivity index (χ1) is 13.3. The molecule has 5 nitrogen and oxygen atoms in total. The summed E-state index contributed by atoms with van der Waals surface area (Å²) >= 11 is 0. The highest BCUT2D eigenvalue weighted by atomic mass is 19.2. The molecule has 0 aliphatic heterocycles. The number of carbonyl (C=O) groups is 2. The minimum atomic E-state index is -1.04. The molecule has 0 bridgehead atoms. The van der Waals surface area contributed by atoms with Crippen LogP contribution in [0.5, 0.6) is 0 Å². The Labute approximate surface area is 161 Å². The third-order valence-corrected chi connectivity index (χ3v) is 3.68. The van der Waals surface area contributed by atoms with E-state index in [9.17, 15) is 18.4 Å². The largest absolute Gasteiger partial charge is 0.350 e. The van der Waals surface area contributed by atoms with Gasteiger partial charge in [0.1, 0.15) is 0 Å². The molecule has 146 valence electrons. The summed E-state index contributed by atoms with van der Waals surface area (Å²) in [7, 11) is 0. The Bertz CT molecular complexity index is 920. The van der Waals surface area contributed by atoms with E-state index >= 15 is 0 Å². The van der Waals surface area contributed by atoms with Gasteiger partial charge in [-0.3, -0.25) is 14.8 Å². The minimum absolute atomic E-state index is 0.133. The first kappa shape index (κ1) is 21.0. The third kappa shape index (κ3) is 5.85. The molecule has 0 aliphatic rings. The van der Waals surface area contributed by atoms with Gasteiger partial charge in [-0.15, -0.1) is 0 Å². The molecule has 0 radical (unpaired) electrons. The van der Waals surface area contributed by atoms with Crippen LogP contribution in [0.3, 0.4) is 0 Å². The van der Waals surface area contributed by atoms with Crippen LogP contribution in [0, 0.1) is 11.6 Å². The fourth-order valence-corrected chi connectivity index (χ4v) is 2.36. The second-order valence-corrected chi connectivity index (χ2v) is 6.29. The lowest BCUT2D eigenvalue weighted by Gasteiger charge is -2.12. The standard InChI is InChI=1S/C21H20F2N2O3/c1-13(2)24-21(27)17(16-8-9-18(22)19(23)12-16)11-15-5-3-14(4-6-15)7-10-20(26)25-28/h3-13,28H,1-2H3,(H,24,27)(H,25,26)/b10-7+,17-11?. The highest BCUT2D eigenvalue weighted by Gasteiger charge is 2.15. The first-order valence-electron chi connectivity index (χ1n) is 8.50. The van der Waals surface area contributed by atoms with E-state index in [1.54, 1.807) is 44.2 Å². The number of hydrogen-bond acceptors (Lipinski definition) is 3. The van der Waals surface area contributed by atoms with Crippen molar-refractivity contribution in [2.45, 2.75) is 19.9 Å². The fraction of sp³-hybridized carbons (Fsp3) is 0.143. The molecule has 3 N–H and O–H groups in total. The topological polar surface area (TPSA) is 78.4 Å². The van der Waals surface area contributed by atoms with Crippen molar-refractivity contribution >= 4 is 29.5 Å². The average molecular weight is 386 g/mol. The molecule has 0 saturated heterocycles. The molecule has 2 amide bonds. The van der Waals surface area contributed by atoms with Crippen LogP contribution < -0.4 is 10.8 Å². The SMILES string of the molecule is CC(C)NC(=O)C(=Cc1ccc(/C=C/C(=O)NO)cc1)c1ccc(F)c(F)c1. The first-order valence-corrected chi connectivity index (χ1v) is 8.50. The minimum Gasteiger partial charge on any atom is -0.350 e. The van der Waals surface area contributed by atoms with E-state index in [1.165, 1.54) is 17.6 Å². The van der Waals surface area contributed by atoms with Crippen LogP contribution in [0.4, 0.5) is 8.78 Å². The number of carbonyl (C=O) groups excluding carboxylic acids is 2. The quantitative estimate of drug-likeness (QED) is 0.308. The van der Waals surface area contributed by atoms with Crippen molar-refractivity contribution in [2.75, 3.05) is 0 Å². The van der Waals surface area contributed by atoms with Crippen molar-refractivity contribution in [3.63, 3.8) is 0 Å². The van der Waals surface area contributed by atoms with Crippen LogP contribution in [0.15, 0.2) is 48.5 Å². The average Bonchev–Trinajstić information content (AvgIpc) is 2.66. The van der Waals surface area contributed by atoms with Gasteiger partial charge in [0.15, 0.2) is 11.6 Å². The Kier molecular flexibility index (Phi) is 7.17. The van der Waals surface area contributed by atoms with Crippen LogP contribution in [0.2, 0.25) is 0 Å². The molecule has 0 heterocycles. The second-order valence-electron chi connectivity index (χ2n) is 6.29. The summed E-state index contributed by atoms with van der Waals surface area (Å²) in [6.45, 7) is 3.59. The predicted octanol–water partition coefficient (Wildman–Crippen LogP) is 3.55. The zero-order valence-electron chi connectivity index (χ0n) is 15.4. The summed E-state index contributed by atoms with van der Waals surface area (Å²) in [4.78, 5) is 23.6. The summed E-state index contributed by atoms with van der Waals surface area (Å²) in [5.74, 6) is -3.10. The van der Waals surface area contributed by atoms with Crippen molar-refractivity contribution in [3.05, 3.63) is 76.9 Å². The molecule has 0 fully saturated rings. The molecule has 2 aromatic rings. The zero-order chi connectivity index (χ0) is 20.7. The van der Waals surface area contributed by atoms with Crippen LogP contribution in [-0.2, 0) is 9.59 Å². The number of nitrogens with one attached hydrogen (secondary N) is 2. The van der Waals surface area contributed by atoms with E-state index < -0.39 is 23.4 Å². The summed E-state index contributed by atoms with van der Waals surface area (Å²) < 4.78 is 26.9. The number of amides is 2. The molecule has 28 heavy (non-hydrogen) atoms. The van der Waals surface area contributed by atoms with E-state index in [0.29, 0.717) is 11.1 Å². The van der Waals surface area contributed by atoms with Gasteiger partial charge in [-0.1, -0.05) is 30.3 Å². The predicted molar refractivity (Wildman–Crippen MR) is 103 cm³/mol. The van der Waals surface area contributed by atoms with Crippen LogP contribution >= 0.6 is 0 Å². The van der Waals surface area contributed by atoms with E-state index in [-0.39, 0.29) is 17.2 Å². The Morgan fingerprint density at radius 2 is 1.64 bits per heavy atom. The summed E-state index contributed by atoms with van der Waals surface area (Å²) in [5, 5.41) is 11.2. The normalized spacial score (nSPS) is 11.7. The number of benzene rings is 2. The highest BCUT2D eigenvalue weighted by molar-refractivity contribution is 6.24. The smallest absolute Gasteiger partial charge is 0.267 e.